The molecule has 0 atom stereocenters. The quantitative estimate of drug-likeness (QED) is 0.820. The van der Waals surface area contributed by atoms with Crippen LogP contribution < -0.4 is 9.80 Å². The number of carbonyl (C=O) groups is 1. The summed E-state index contributed by atoms with van der Waals surface area (Å²) in [5.41, 5.74) is 2.40. The lowest BCUT2D eigenvalue weighted by Crippen LogP contribution is -2.41. The van der Waals surface area contributed by atoms with Gasteiger partial charge in [-0.05, 0) is 38.5 Å². The zero-order valence-electron chi connectivity index (χ0n) is 16.3. The first-order valence-corrected chi connectivity index (χ1v) is 11.0. The van der Waals surface area contributed by atoms with Gasteiger partial charge in [0.15, 0.2) is 0 Å². The van der Waals surface area contributed by atoms with Gasteiger partial charge in [-0.1, -0.05) is 12.8 Å². The molecule has 0 N–H and O–H groups in total. The largest absolute Gasteiger partial charge is 0.356 e. The topological polar surface area (TPSA) is 52.6 Å². The van der Waals surface area contributed by atoms with Crippen molar-refractivity contribution in [2.45, 2.75) is 64.3 Å². The van der Waals surface area contributed by atoms with Crippen LogP contribution in [0.3, 0.4) is 0 Å². The third kappa shape index (κ3) is 3.27. The minimum absolute atomic E-state index is 0.256. The Hall–Kier alpha value is -1.85. The van der Waals surface area contributed by atoms with Crippen LogP contribution in [0.5, 0.6) is 0 Å². The highest BCUT2D eigenvalue weighted by Crippen LogP contribution is 2.34. The maximum Gasteiger partial charge on any atom is 0.227 e. The fourth-order valence-electron chi connectivity index (χ4n) is 5.25. The van der Waals surface area contributed by atoms with E-state index in [1.807, 2.05) is 0 Å². The van der Waals surface area contributed by atoms with Crippen LogP contribution in [-0.2, 0) is 17.8 Å². The molecule has 146 valence electrons. The maximum atomic E-state index is 13.0. The summed E-state index contributed by atoms with van der Waals surface area (Å²) in [6.07, 6.45) is 10.4. The number of aromatic nitrogens is 2. The lowest BCUT2D eigenvalue weighted by molar-refractivity contribution is -0.136. The van der Waals surface area contributed by atoms with Crippen LogP contribution >= 0.6 is 0 Å². The van der Waals surface area contributed by atoms with Gasteiger partial charge in [0.1, 0.15) is 5.82 Å². The molecule has 1 aromatic heterocycles. The van der Waals surface area contributed by atoms with E-state index in [2.05, 4.69) is 14.7 Å². The first-order valence-electron chi connectivity index (χ1n) is 11.0. The average Bonchev–Trinajstić information content (AvgIpc) is 3.49. The third-order valence-electron chi connectivity index (χ3n) is 6.84. The lowest BCUT2D eigenvalue weighted by Gasteiger charge is -2.33. The van der Waals surface area contributed by atoms with Gasteiger partial charge in [0.2, 0.25) is 11.9 Å². The van der Waals surface area contributed by atoms with Crippen molar-refractivity contribution in [1.82, 2.24) is 14.9 Å². The van der Waals surface area contributed by atoms with Crippen molar-refractivity contribution in [2.24, 2.45) is 5.92 Å². The predicted octanol–water partition coefficient (Wildman–Crippen LogP) is 2.75. The van der Waals surface area contributed by atoms with Crippen LogP contribution in [0, 0.1) is 5.92 Å². The Kier molecular flexibility index (Phi) is 4.66. The van der Waals surface area contributed by atoms with E-state index >= 15 is 0 Å². The van der Waals surface area contributed by atoms with E-state index in [0.29, 0.717) is 12.5 Å². The molecule has 3 fully saturated rings. The molecule has 0 spiro atoms. The summed E-state index contributed by atoms with van der Waals surface area (Å²) in [5.74, 6) is 2.66. The molecule has 1 aliphatic carbocycles. The molecule has 4 heterocycles. The number of rotatable bonds is 3. The Bertz CT molecular complexity index is 703. The van der Waals surface area contributed by atoms with Crippen molar-refractivity contribution >= 4 is 17.7 Å². The Morgan fingerprint density at radius 3 is 2.19 bits per heavy atom. The molecule has 5 rings (SSSR count). The molecule has 6 nitrogen and oxygen atoms in total. The number of nitrogens with zero attached hydrogens (tertiary/aromatic N) is 5. The zero-order valence-corrected chi connectivity index (χ0v) is 16.3. The van der Waals surface area contributed by atoms with Crippen LogP contribution in [-0.4, -0.2) is 53.5 Å². The fourth-order valence-corrected chi connectivity index (χ4v) is 5.25. The minimum atomic E-state index is 0.256. The van der Waals surface area contributed by atoms with Gasteiger partial charge in [-0.2, -0.15) is 4.98 Å². The summed E-state index contributed by atoms with van der Waals surface area (Å²) < 4.78 is 0. The average molecular weight is 370 g/mol. The van der Waals surface area contributed by atoms with Crippen molar-refractivity contribution in [3.63, 3.8) is 0 Å². The third-order valence-corrected chi connectivity index (χ3v) is 6.84. The minimum Gasteiger partial charge on any atom is -0.356 e. The summed E-state index contributed by atoms with van der Waals surface area (Å²) in [4.78, 5) is 29.9. The standard InChI is InChI=1S/C21H31N5O/c27-20(16-7-1-2-8-16)26-14-9-18-17(15-26)19(24-10-3-4-11-24)23-21(22-18)25-12-5-6-13-25/h16H,1-15H2. The smallest absolute Gasteiger partial charge is 0.227 e. The lowest BCUT2D eigenvalue weighted by atomic mass is 10.0. The monoisotopic (exact) mass is 369 g/mol. The summed E-state index contributed by atoms with van der Waals surface area (Å²) in [7, 11) is 0. The van der Waals surface area contributed by atoms with Crippen LogP contribution in [0.15, 0.2) is 0 Å². The second-order valence-corrected chi connectivity index (χ2v) is 8.65. The van der Waals surface area contributed by atoms with Gasteiger partial charge in [0.25, 0.3) is 0 Å². The Morgan fingerprint density at radius 2 is 1.48 bits per heavy atom. The van der Waals surface area contributed by atoms with Crippen LogP contribution in [0.1, 0.15) is 62.6 Å². The summed E-state index contributed by atoms with van der Waals surface area (Å²) in [6, 6.07) is 0. The van der Waals surface area contributed by atoms with Gasteiger partial charge in [-0.15, -0.1) is 0 Å². The molecule has 0 radical (unpaired) electrons. The van der Waals surface area contributed by atoms with E-state index in [4.69, 9.17) is 9.97 Å². The number of hydrogen-bond acceptors (Lipinski definition) is 5. The van der Waals surface area contributed by atoms with Crippen molar-refractivity contribution < 1.29 is 4.79 Å². The van der Waals surface area contributed by atoms with Crippen molar-refractivity contribution in [1.29, 1.82) is 0 Å². The number of carbonyl (C=O) groups excluding carboxylic acids is 1. The molecule has 0 unspecified atom stereocenters. The molecule has 0 bridgehead atoms. The van der Waals surface area contributed by atoms with E-state index in [-0.39, 0.29) is 5.92 Å². The Morgan fingerprint density at radius 1 is 0.815 bits per heavy atom. The van der Waals surface area contributed by atoms with Gasteiger partial charge >= 0.3 is 0 Å². The van der Waals surface area contributed by atoms with Crippen LogP contribution in [0.4, 0.5) is 11.8 Å². The molecule has 2 saturated heterocycles. The van der Waals surface area contributed by atoms with Gasteiger partial charge in [-0.25, -0.2) is 4.98 Å². The highest BCUT2D eigenvalue weighted by Gasteiger charge is 2.33. The van der Waals surface area contributed by atoms with Crippen LogP contribution in [0.2, 0.25) is 0 Å². The summed E-state index contributed by atoms with van der Waals surface area (Å²) in [6.45, 7) is 5.84. The second kappa shape index (κ2) is 7.28. The molecular formula is C21H31N5O. The summed E-state index contributed by atoms with van der Waals surface area (Å²) in [5, 5.41) is 0. The number of anilines is 2. The first-order chi connectivity index (χ1) is 13.3. The molecule has 4 aliphatic rings. The van der Waals surface area contributed by atoms with Crippen LogP contribution in [0.25, 0.3) is 0 Å². The maximum absolute atomic E-state index is 13.0. The fraction of sp³-hybridized carbons (Fsp3) is 0.762. The molecule has 1 saturated carbocycles. The van der Waals surface area contributed by atoms with Crippen molar-refractivity contribution in [2.75, 3.05) is 42.5 Å². The van der Waals surface area contributed by atoms with Crippen molar-refractivity contribution in [3.8, 4) is 0 Å². The van der Waals surface area contributed by atoms with Crippen molar-refractivity contribution in [3.05, 3.63) is 11.3 Å². The number of fused-ring (bicyclic) bond motifs is 1. The van der Waals surface area contributed by atoms with E-state index < -0.39 is 0 Å². The molecule has 0 aromatic carbocycles. The second-order valence-electron chi connectivity index (χ2n) is 8.65. The van der Waals surface area contributed by atoms with E-state index in [1.165, 1.54) is 49.8 Å². The molecular weight excluding hydrogens is 338 g/mol. The van der Waals surface area contributed by atoms with Gasteiger partial charge < -0.3 is 14.7 Å². The Balaban J connectivity index is 1.45. The summed E-state index contributed by atoms with van der Waals surface area (Å²) >= 11 is 0. The molecule has 1 amide bonds. The van der Waals surface area contributed by atoms with E-state index in [9.17, 15) is 4.79 Å². The number of hydrogen-bond donors (Lipinski definition) is 0. The highest BCUT2D eigenvalue weighted by atomic mass is 16.2. The zero-order chi connectivity index (χ0) is 18.2. The van der Waals surface area contributed by atoms with Gasteiger partial charge in [0.05, 0.1) is 12.2 Å². The molecule has 3 aliphatic heterocycles. The SMILES string of the molecule is O=C(C1CCCC1)N1CCc2nc(N3CCCC3)nc(N3CCCC3)c2C1. The van der Waals surface area contributed by atoms with Gasteiger partial charge in [-0.3, -0.25) is 4.79 Å². The molecule has 6 heteroatoms. The molecule has 1 aromatic rings. The normalized spacial score (nSPS) is 23.3. The Labute approximate surface area is 161 Å². The predicted molar refractivity (Wildman–Crippen MR) is 106 cm³/mol. The highest BCUT2D eigenvalue weighted by molar-refractivity contribution is 5.79. The molecule has 27 heavy (non-hydrogen) atoms. The van der Waals surface area contributed by atoms with Gasteiger partial charge in [0, 0.05) is 50.6 Å². The van der Waals surface area contributed by atoms with E-state index in [0.717, 1.165) is 63.8 Å². The van der Waals surface area contributed by atoms with E-state index in [1.54, 1.807) is 0 Å². The number of amides is 1. The first kappa shape index (κ1) is 17.3.